The van der Waals surface area contributed by atoms with Gasteiger partial charge in [-0.3, -0.25) is 4.79 Å². The molecular formula is C21H27NO2. The molecule has 0 saturated heterocycles. The molecule has 0 bridgehead atoms. The van der Waals surface area contributed by atoms with Crippen LogP contribution >= 0.6 is 0 Å². The van der Waals surface area contributed by atoms with Gasteiger partial charge in [0.25, 0.3) is 0 Å². The summed E-state index contributed by atoms with van der Waals surface area (Å²) in [7, 11) is 0. The van der Waals surface area contributed by atoms with E-state index in [9.17, 15) is 4.79 Å². The van der Waals surface area contributed by atoms with Crippen molar-refractivity contribution in [3.05, 3.63) is 36.0 Å². The van der Waals surface area contributed by atoms with Crippen molar-refractivity contribution >= 4 is 16.7 Å². The largest absolute Gasteiger partial charge is 0.490 e. The molecule has 3 rings (SSSR count). The minimum absolute atomic E-state index is 0.00663. The second kappa shape index (κ2) is 6.54. The minimum atomic E-state index is -0.00663. The Morgan fingerprint density at radius 3 is 2.42 bits per heavy atom. The van der Waals surface area contributed by atoms with Crippen molar-refractivity contribution in [1.29, 1.82) is 0 Å². The number of rotatable bonds is 3. The molecule has 0 aliphatic heterocycles. The average molecular weight is 325 g/mol. The van der Waals surface area contributed by atoms with Gasteiger partial charge in [-0.1, -0.05) is 26.8 Å². The fourth-order valence-electron chi connectivity index (χ4n) is 3.61. The van der Waals surface area contributed by atoms with Gasteiger partial charge in [0.15, 0.2) is 5.78 Å². The maximum absolute atomic E-state index is 11.4. The molecule has 1 aliphatic rings. The van der Waals surface area contributed by atoms with Gasteiger partial charge < -0.3 is 4.74 Å². The minimum Gasteiger partial charge on any atom is -0.490 e. The molecule has 3 nitrogen and oxygen atoms in total. The Morgan fingerprint density at radius 1 is 1.08 bits per heavy atom. The number of aromatic nitrogens is 1. The number of benzene rings is 1. The van der Waals surface area contributed by atoms with Crippen molar-refractivity contribution in [3.8, 4) is 5.75 Å². The summed E-state index contributed by atoms with van der Waals surface area (Å²) in [5.41, 5.74) is 1.75. The fraction of sp³-hybridized carbons (Fsp3) is 0.524. The van der Waals surface area contributed by atoms with Gasteiger partial charge in [0, 0.05) is 12.3 Å². The Balaban J connectivity index is 1.68. The van der Waals surface area contributed by atoms with Gasteiger partial charge in [-0.25, -0.2) is 4.98 Å². The molecule has 1 saturated carbocycles. The zero-order valence-electron chi connectivity index (χ0n) is 15.1. The third kappa shape index (κ3) is 3.77. The van der Waals surface area contributed by atoms with Crippen LogP contribution in [-0.2, 0) is 0 Å². The van der Waals surface area contributed by atoms with Gasteiger partial charge in [0.2, 0.25) is 0 Å². The zero-order valence-corrected chi connectivity index (χ0v) is 15.1. The Labute approximate surface area is 144 Å². The summed E-state index contributed by atoms with van der Waals surface area (Å²) in [5.74, 6) is 1.69. The Morgan fingerprint density at radius 2 is 1.79 bits per heavy atom. The molecular weight excluding hydrogens is 298 g/mol. The van der Waals surface area contributed by atoms with E-state index in [-0.39, 0.29) is 5.78 Å². The van der Waals surface area contributed by atoms with E-state index in [0.717, 1.165) is 35.4 Å². The lowest BCUT2D eigenvalue weighted by Crippen LogP contribution is -2.30. The number of ether oxygens (including phenoxy) is 1. The van der Waals surface area contributed by atoms with E-state index in [1.165, 1.54) is 12.8 Å². The third-order valence-corrected chi connectivity index (χ3v) is 5.22. The lowest BCUT2D eigenvalue weighted by molar-refractivity contribution is 0.0883. The maximum atomic E-state index is 11.4. The van der Waals surface area contributed by atoms with Gasteiger partial charge in [-0.2, -0.15) is 0 Å². The first-order chi connectivity index (χ1) is 11.3. The molecule has 1 aromatic heterocycles. The van der Waals surface area contributed by atoms with Crippen LogP contribution in [0.2, 0.25) is 0 Å². The predicted molar refractivity (Wildman–Crippen MR) is 97.6 cm³/mol. The van der Waals surface area contributed by atoms with Crippen LogP contribution in [0.3, 0.4) is 0 Å². The highest BCUT2D eigenvalue weighted by Gasteiger charge is 2.30. The molecule has 0 amide bonds. The number of hydrogen-bond donors (Lipinski definition) is 0. The molecule has 1 fully saturated rings. The summed E-state index contributed by atoms with van der Waals surface area (Å²) in [4.78, 5) is 15.8. The molecule has 0 radical (unpaired) electrons. The molecule has 1 aromatic carbocycles. The smallest absolute Gasteiger partial charge is 0.178 e. The van der Waals surface area contributed by atoms with Crippen molar-refractivity contribution in [2.24, 2.45) is 11.3 Å². The second-order valence-electron chi connectivity index (χ2n) is 8.06. The lowest BCUT2D eigenvalue weighted by atomic mass is 9.72. The monoisotopic (exact) mass is 325 g/mol. The molecule has 3 heteroatoms. The first kappa shape index (κ1) is 16.9. The highest BCUT2D eigenvalue weighted by atomic mass is 16.5. The standard InChI is InChI=1S/C21H27NO2/c1-14(23)19-11-5-15-13-18(10-12-20(15)22-19)24-17-8-6-16(7-9-17)21(2,3)4/h5,10-13,16-17H,6-9H2,1-4H3. The average Bonchev–Trinajstić information content (AvgIpc) is 2.54. The van der Waals surface area contributed by atoms with Crippen molar-refractivity contribution in [2.45, 2.75) is 59.5 Å². The third-order valence-electron chi connectivity index (χ3n) is 5.22. The highest BCUT2D eigenvalue weighted by Crippen LogP contribution is 2.38. The topological polar surface area (TPSA) is 39.2 Å². The fourth-order valence-corrected chi connectivity index (χ4v) is 3.61. The van der Waals surface area contributed by atoms with Crippen LogP contribution in [0.1, 0.15) is 63.9 Å². The summed E-state index contributed by atoms with van der Waals surface area (Å²) in [6.45, 7) is 8.55. The van der Waals surface area contributed by atoms with Crippen LogP contribution in [0.5, 0.6) is 5.75 Å². The number of fused-ring (bicyclic) bond motifs is 1. The molecule has 0 N–H and O–H groups in total. The van der Waals surface area contributed by atoms with Crippen LogP contribution in [0.25, 0.3) is 10.9 Å². The number of nitrogens with zero attached hydrogens (tertiary/aromatic N) is 1. The molecule has 2 aromatic rings. The number of Topliss-reactive ketones (excluding diaryl/α,β-unsaturated/α-hetero) is 1. The molecule has 128 valence electrons. The molecule has 1 heterocycles. The van der Waals surface area contributed by atoms with Gasteiger partial charge in [0.1, 0.15) is 11.4 Å². The van der Waals surface area contributed by atoms with Crippen molar-refractivity contribution in [3.63, 3.8) is 0 Å². The SMILES string of the molecule is CC(=O)c1ccc2cc(OC3CCC(C(C)(C)C)CC3)ccc2n1. The molecule has 1 aliphatic carbocycles. The van der Waals surface area contributed by atoms with E-state index in [4.69, 9.17) is 4.74 Å². The zero-order chi connectivity index (χ0) is 17.3. The van der Waals surface area contributed by atoms with Crippen LogP contribution in [0.4, 0.5) is 0 Å². The van der Waals surface area contributed by atoms with Crippen molar-refractivity contribution in [1.82, 2.24) is 4.98 Å². The van der Waals surface area contributed by atoms with E-state index in [1.807, 2.05) is 24.3 Å². The molecule has 0 spiro atoms. The van der Waals surface area contributed by atoms with E-state index in [2.05, 4.69) is 25.8 Å². The Bertz CT molecular complexity index is 737. The summed E-state index contributed by atoms with van der Waals surface area (Å²) in [6, 6.07) is 9.67. The van der Waals surface area contributed by atoms with Crippen LogP contribution in [0, 0.1) is 11.3 Å². The maximum Gasteiger partial charge on any atom is 0.178 e. The highest BCUT2D eigenvalue weighted by molar-refractivity contribution is 5.94. The molecule has 0 unspecified atom stereocenters. The molecule has 24 heavy (non-hydrogen) atoms. The number of ketones is 1. The number of carbonyl (C=O) groups excluding carboxylic acids is 1. The van der Waals surface area contributed by atoms with Gasteiger partial charge in [-0.05, 0) is 61.3 Å². The number of carbonyl (C=O) groups is 1. The van der Waals surface area contributed by atoms with E-state index < -0.39 is 0 Å². The van der Waals surface area contributed by atoms with Gasteiger partial charge in [0.05, 0.1) is 11.6 Å². The lowest BCUT2D eigenvalue weighted by Gasteiger charge is -2.36. The Hall–Kier alpha value is -1.90. The van der Waals surface area contributed by atoms with E-state index >= 15 is 0 Å². The number of hydrogen-bond acceptors (Lipinski definition) is 3. The van der Waals surface area contributed by atoms with E-state index in [1.54, 1.807) is 13.0 Å². The summed E-state index contributed by atoms with van der Waals surface area (Å²) >= 11 is 0. The number of pyridine rings is 1. The normalized spacial score (nSPS) is 21.7. The van der Waals surface area contributed by atoms with Crippen molar-refractivity contribution < 1.29 is 9.53 Å². The summed E-state index contributed by atoms with van der Waals surface area (Å²) < 4.78 is 6.21. The summed E-state index contributed by atoms with van der Waals surface area (Å²) in [5, 5.41) is 1.01. The van der Waals surface area contributed by atoms with Crippen LogP contribution in [-0.4, -0.2) is 16.9 Å². The first-order valence-corrected chi connectivity index (χ1v) is 8.91. The second-order valence-corrected chi connectivity index (χ2v) is 8.06. The van der Waals surface area contributed by atoms with Crippen molar-refractivity contribution in [2.75, 3.05) is 0 Å². The van der Waals surface area contributed by atoms with Crippen LogP contribution < -0.4 is 4.74 Å². The van der Waals surface area contributed by atoms with E-state index in [0.29, 0.717) is 17.2 Å². The first-order valence-electron chi connectivity index (χ1n) is 8.91. The van der Waals surface area contributed by atoms with Gasteiger partial charge in [-0.15, -0.1) is 0 Å². The Kier molecular flexibility index (Phi) is 4.62. The summed E-state index contributed by atoms with van der Waals surface area (Å²) in [6.07, 6.45) is 5.05. The van der Waals surface area contributed by atoms with Crippen LogP contribution in [0.15, 0.2) is 30.3 Å². The van der Waals surface area contributed by atoms with Gasteiger partial charge >= 0.3 is 0 Å². The molecule has 0 atom stereocenters. The quantitative estimate of drug-likeness (QED) is 0.707. The predicted octanol–water partition coefficient (Wildman–Crippen LogP) is 5.42.